The summed E-state index contributed by atoms with van der Waals surface area (Å²) in [5.41, 5.74) is -0.775. The van der Waals surface area contributed by atoms with Gasteiger partial charge < -0.3 is 31.1 Å². The van der Waals surface area contributed by atoms with Crippen molar-refractivity contribution in [1.82, 2.24) is 21.3 Å². The molecule has 0 radical (unpaired) electrons. The third-order valence-corrected chi connectivity index (χ3v) is 10.4. The summed E-state index contributed by atoms with van der Waals surface area (Å²) in [4.78, 5) is 61.4. The molecule has 1 aromatic carbocycles. The quantitative estimate of drug-likeness (QED) is 0.0428. The van der Waals surface area contributed by atoms with E-state index in [1.165, 1.54) is 33.2 Å². The molecule has 1 fully saturated rings. The highest BCUT2D eigenvalue weighted by molar-refractivity contribution is 8.76. The highest BCUT2D eigenvalue weighted by atomic mass is 33.1. The Labute approximate surface area is 286 Å². The summed E-state index contributed by atoms with van der Waals surface area (Å²) in [5.74, 6) is 0.856. The Kier molecular flexibility index (Phi) is 16.4. The molecule has 0 aliphatic carbocycles. The summed E-state index contributed by atoms with van der Waals surface area (Å²) in [6, 6.07) is 8.90. The van der Waals surface area contributed by atoms with Crippen LogP contribution in [-0.2, 0) is 28.7 Å². The smallest absolute Gasteiger partial charge is 0.326 e. The van der Waals surface area contributed by atoms with Gasteiger partial charge in [0.2, 0.25) is 23.6 Å². The summed E-state index contributed by atoms with van der Waals surface area (Å²) in [5, 5.41) is 20.3. The number of ether oxygens (including phenoxy) is 1. The second kappa shape index (κ2) is 19.4. The van der Waals surface area contributed by atoms with Crippen molar-refractivity contribution in [3.63, 3.8) is 0 Å². The number of terminal acetylenes is 1. The molecule has 0 saturated carbocycles. The van der Waals surface area contributed by atoms with Crippen molar-refractivity contribution in [1.29, 1.82) is 0 Å². The van der Waals surface area contributed by atoms with Crippen LogP contribution in [0.4, 0.5) is 0 Å². The maximum Gasteiger partial charge on any atom is 0.326 e. The number of nitrogens with one attached hydrogen (secondary N) is 4. The number of allylic oxidation sites excluding steroid dienone is 1. The highest BCUT2D eigenvalue weighted by Gasteiger charge is 2.43. The van der Waals surface area contributed by atoms with Gasteiger partial charge in [-0.2, -0.15) is 0 Å². The van der Waals surface area contributed by atoms with Crippen molar-refractivity contribution < 1.29 is 33.8 Å². The molecule has 1 heterocycles. The van der Waals surface area contributed by atoms with E-state index in [1.54, 1.807) is 33.8 Å². The summed E-state index contributed by atoms with van der Waals surface area (Å²) in [6.45, 7) is 8.66. The highest BCUT2D eigenvalue weighted by Crippen LogP contribution is 2.44. The number of rotatable bonds is 21. The second-order valence-corrected chi connectivity index (χ2v) is 15.4. The summed E-state index contributed by atoms with van der Waals surface area (Å²) in [7, 11) is 2.85. The Hall–Kier alpha value is -3.47. The Morgan fingerprint density at radius 1 is 1.04 bits per heavy atom. The minimum atomic E-state index is -1.19. The van der Waals surface area contributed by atoms with E-state index < -0.39 is 40.6 Å². The predicted octanol–water partition coefficient (Wildman–Crippen LogP) is 3.47. The monoisotopic (exact) mass is 688 g/mol. The van der Waals surface area contributed by atoms with Crippen molar-refractivity contribution >= 4 is 51.2 Å². The molecule has 4 atom stereocenters. The van der Waals surface area contributed by atoms with E-state index in [9.17, 15) is 29.1 Å². The fourth-order valence-electron chi connectivity index (χ4n) is 4.50. The molecule has 11 nitrogen and oxygen atoms in total. The van der Waals surface area contributed by atoms with Gasteiger partial charge in [0.1, 0.15) is 12.1 Å². The van der Waals surface area contributed by atoms with Gasteiger partial charge in [-0.25, -0.2) is 4.79 Å². The molecule has 0 aromatic heterocycles. The number of carboxylic acids is 1. The number of hydrogen-bond donors (Lipinski definition) is 5. The number of aliphatic carboxylic acids is 1. The maximum absolute atomic E-state index is 13.1. The van der Waals surface area contributed by atoms with Crippen molar-refractivity contribution in [3.8, 4) is 12.3 Å². The largest absolute Gasteiger partial charge is 0.480 e. The third-order valence-electron chi connectivity index (χ3n) is 7.66. The molecule has 47 heavy (non-hydrogen) atoms. The van der Waals surface area contributed by atoms with Crippen molar-refractivity contribution in [2.24, 2.45) is 16.7 Å². The van der Waals surface area contributed by atoms with E-state index in [0.29, 0.717) is 23.8 Å². The molecule has 1 aliphatic rings. The fourth-order valence-corrected chi connectivity index (χ4v) is 7.20. The van der Waals surface area contributed by atoms with E-state index in [-0.39, 0.29) is 44.2 Å². The lowest BCUT2D eigenvalue weighted by Crippen LogP contribution is -2.56. The first-order chi connectivity index (χ1) is 22.2. The van der Waals surface area contributed by atoms with Gasteiger partial charge in [-0.1, -0.05) is 84.7 Å². The molecule has 2 rings (SSSR count). The van der Waals surface area contributed by atoms with Crippen LogP contribution in [-0.4, -0.2) is 78.0 Å². The van der Waals surface area contributed by atoms with Gasteiger partial charge >= 0.3 is 5.97 Å². The molecule has 1 aliphatic heterocycles. The van der Waals surface area contributed by atoms with Crippen LogP contribution in [0.15, 0.2) is 42.5 Å². The number of epoxide rings is 1. The van der Waals surface area contributed by atoms with Crippen LogP contribution in [0.5, 0.6) is 0 Å². The first-order valence-electron chi connectivity index (χ1n) is 15.6. The topological polar surface area (TPSA) is 166 Å². The van der Waals surface area contributed by atoms with Crippen molar-refractivity contribution in [2.45, 2.75) is 72.1 Å². The van der Waals surface area contributed by atoms with Crippen molar-refractivity contribution in [2.75, 3.05) is 31.1 Å². The van der Waals surface area contributed by atoms with Gasteiger partial charge in [0.05, 0.1) is 24.6 Å². The Balaban J connectivity index is 1.69. The van der Waals surface area contributed by atoms with Gasteiger partial charge in [-0.3, -0.25) is 19.2 Å². The van der Waals surface area contributed by atoms with Gasteiger partial charge in [-0.05, 0) is 44.2 Å². The van der Waals surface area contributed by atoms with Crippen molar-refractivity contribution in [3.05, 3.63) is 48.0 Å². The molecule has 0 bridgehead atoms. The van der Waals surface area contributed by atoms with Gasteiger partial charge in [0, 0.05) is 29.9 Å². The molecule has 0 spiro atoms. The predicted molar refractivity (Wildman–Crippen MR) is 186 cm³/mol. The van der Waals surface area contributed by atoms with Crippen LogP contribution in [0.3, 0.4) is 0 Å². The van der Waals surface area contributed by atoms with Gasteiger partial charge in [-0.15, -0.1) is 6.42 Å². The Morgan fingerprint density at radius 3 is 2.40 bits per heavy atom. The number of amides is 4. The Morgan fingerprint density at radius 2 is 1.74 bits per heavy atom. The number of hydrogen-bond acceptors (Lipinski definition) is 8. The molecule has 13 heteroatoms. The van der Waals surface area contributed by atoms with E-state index >= 15 is 0 Å². The van der Waals surface area contributed by atoms with Crippen LogP contribution < -0.4 is 21.3 Å². The number of carbonyl (C=O) groups excluding carboxylic acids is 4. The fraction of sp³-hybridized carbons (Fsp3) is 0.559. The van der Waals surface area contributed by atoms with E-state index in [2.05, 4.69) is 46.2 Å². The van der Waals surface area contributed by atoms with Crippen LogP contribution in [0.1, 0.15) is 65.5 Å². The lowest BCUT2D eigenvalue weighted by molar-refractivity contribution is -0.146. The minimum Gasteiger partial charge on any atom is -0.480 e. The second-order valence-electron chi connectivity index (χ2n) is 12.8. The molecule has 1 aromatic rings. The van der Waals surface area contributed by atoms with Crippen LogP contribution >= 0.6 is 21.6 Å². The first kappa shape index (κ1) is 39.7. The lowest BCUT2D eigenvalue weighted by atomic mass is 9.84. The Bertz CT molecular complexity index is 1300. The van der Waals surface area contributed by atoms with Crippen LogP contribution in [0.25, 0.3) is 0 Å². The minimum absolute atomic E-state index is 0.0619. The first-order valence-corrected chi connectivity index (χ1v) is 18.1. The lowest BCUT2D eigenvalue weighted by Gasteiger charge is -2.34. The average Bonchev–Trinajstić information content (AvgIpc) is 3.84. The van der Waals surface area contributed by atoms with E-state index in [0.717, 1.165) is 6.42 Å². The standard InChI is InChI=1S/C34H48N4O7S2/c1-7-18-35-26(40)17-19-46-47-22-34(5,6)30(31(42)43)38-32(44)33(3,4)21-37-27(41)20-36-25(39)16-12-11-13-23(2)28-29(45-28)24-14-9-8-10-15-24/h1,8-10,12,14-16,23,28-30H,11,13,17-22H2,2-6H3,(H,35,40)(H,36,39)(H,37,41)(H,38,44)(H,42,43)/b16-12+. The molecular weight excluding hydrogens is 641 g/mol. The summed E-state index contributed by atoms with van der Waals surface area (Å²) < 4.78 is 5.83. The molecular formula is C34H48N4O7S2. The molecule has 4 unspecified atom stereocenters. The number of carboxylic acid groups (broad SMARTS) is 1. The van der Waals surface area contributed by atoms with Gasteiger partial charge in [0.15, 0.2) is 0 Å². The molecule has 5 N–H and O–H groups in total. The summed E-state index contributed by atoms with van der Waals surface area (Å²) in [6.07, 6.45) is 10.5. The molecule has 258 valence electrons. The zero-order chi connectivity index (χ0) is 35.0. The van der Waals surface area contributed by atoms with E-state index in [1.807, 2.05) is 18.2 Å². The molecule has 1 saturated heterocycles. The number of benzene rings is 1. The SMILES string of the molecule is C#CCNC(=O)CCSSCC(C)(C)C(NC(=O)C(C)(C)CNC(=O)CNC(=O)/C=C/CCC(C)C1OC1c1ccccc1)C(=O)O. The molecule has 4 amide bonds. The summed E-state index contributed by atoms with van der Waals surface area (Å²) >= 11 is 0. The third kappa shape index (κ3) is 14.5. The van der Waals surface area contributed by atoms with Crippen LogP contribution in [0, 0.1) is 29.1 Å². The average molecular weight is 689 g/mol. The maximum atomic E-state index is 13.1. The van der Waals surface area contributed by atoms with Crippen LogP contribution in [0.2, 0.25) is 0 Å². The zero-order valence-electron chi connectivity index (χ0n) is 27.8. The number of carbonyl (C=O) groups is 5. The van der Waals surface area contributed by atoms with E-state index in [4.69, 9.17) is 11.2 Å². The zero-order valence-corrected chi connectivity index (χ0v) is 29.4. The normalized spacial score (nSPS) is 17.2. The van der Waals surface area contributed by atoms with Gasteiger partial charge in [0.25, 0.3) is 0 Å².